The van der Waals surface area contributed by atoms with Gasteiger partial charge in [0.2, 0.25) is 11.2 Å². The lowest BCUT2D eigenvalue weighted by Crippen LogP contribution is -2.55. The van der Waals surface area contributed by atoms with E-state index in [0.717, 1.165) is 12.1 Å². The van der Waals surface area contributed by atoms with Crippen molar-refractivity contribution in [2.75, 3.05) is 24.8 Å². The number of amides is 1. The maximum Gasteiger partial charge on any atom is 0.277 e. The Balaban J connectivity index is 1.81. The van der Waals surface area contributed by atoms with Crippen LogP contribution in [0.25, 0.3) is 0 Å². The van der Waals surface area contributed by atoms with Crippen LogP contribution in [0.2, 0.25) is 0 Å². The van der Waals surface area contributed by atoms with Gasteiger partial charge < -0.3 is 14.7 Å². The molecule has 3 aromatic rings. The Morgan fingerprint density at radius 1 is 1.00 bits per heavy atom. The number of halogens is 2. The van der Waals surface area contributed by atoms with Crippen LogP contribution in [0, 0.1) is 11.6 Å². The minimum Gasteiger partial charge on any atom is -0.502 e. The molecule has 0 aliphatic carbocycles. The molecule has 5 rings (SSSR count). The van der Waals surface area contributed by atoms with Crippen molar-refractivity contribution in [3.8, 4) is 11.5 Å². The molecule has 1 N–H and O–H groups in total. The summed E-state index contributed by atoms with van der Waals surface area (Å²) in [5.74, 6) is -3.56. The molecule has 34 heavy (non-hydrogen) atoms. The lowest BCUT2D eigenvalue weighted by molar-refractivity contribution is 0.0682. The van der Waals surface area contributed by atoms with Crippen LogP contribution in [0.15, 0.2) is 71.7 Å². The monoisotopic (exact) mass is 465 g/mol. The minimum absolute atomic E-state index is 0.0207. The predicted molar refractivity (Wildman–Crippen MR) is 120 cm³/mol. The average Bonchev–Trinajstić information content (AvgIpc) is 2.84. The summed E-state index contributed by atoms with van der Waals surface area (Å²) >= 11 is 0. The summed E-state index contributed by atoms with van der Waals surface area (Å²) in [5, 5.41) is 12.3. The van der Waals surface area contributed by atoms with Crippen LogP contribution >= 0.6 is 0 Å². The second-order valence-corrected chi connectivity index (χ2v) is 8.04. The van der Waals surface area contributed by atoms with Crippen molar-refractivity contribution in [1.82, 2.24) is 9.58 Å². The molecule has 7 nitrogen and oxygen atoms in total. The largest absolute Gasteiger partial charge is 0.502 e. The average molecular weight is 465 g/mol. The van der Waals surface area contributed by atoms with Gasteiger partial charge in [-0.2, -0.15) is 4.39 Å². The third kappa shape index (κ3) is 3.59. The number of ether oxygens (including phenoxy) is 1. The van der Waals surface area contributed by atoms with Crippen molar-refractivity contribution in [1.29, 1.82) is 0 Å². The number of pyridine rings is 1. The fraction of sp³-hybridized carbons (Fsp3) is 0.200. The van der Waals surface area contributed by atoms with Gasteiger partial charge in [0.05, 0.1) is 0 Å². The standard InChI is InChI=1S/C25H21F2N3O4/c26-18-10-9-17-21(16-7-3-1-4-8-16)30-15-28(12-5-2-6-14-34-24(17)20(18)27)25(33)22-23(32)19(31)11-13-29(22)30/h1-4,6-11,13,21,32H,5,12,14-15H2/b6-2-/t21-/m0/s1. The Hall–Kier alpha value is -4.14. The van der Waals surface area contributed by atoms with E-state index < -0.39 is 34.8 Å². The number of fused-ring (bicyclic) bond motifs is 5. The van der Waals surface area contributed by atoms with E-state index in [0.29, 0.717) is 24.1 Å². The molecule has 1 aromatic heterocycles. The van der Waals surface area contributed by atoms with E-state index in [-0.39, 0.29) is 24.7 Å². The lowest BCUT2D eigenvalue weighted by atomic mass is 9.96. The molecule has 0 fully saturated rings. The van der Waals surface area contributed by atoms with E-state index >= 15 is 4.39 Å². The molecule has 2 aliphatic heterocycles. The first-order chi connectivity index (χ1) is 16.5. The number of carbonyl (C=O) groups is 1. The number of hydrogen-bond donors (Lipinski definition) is 1. The van der Waals surface area contributed by atoms with Crippen molar-refractivity contribution in [2.24, 2.45) is 0 Å². The van der Waals surface area contributed by atoms with Crippen LogP contribution in [-0.4, -0.2) is 40.4 Å². The third-order valence-electron chi connectivity index (χ3n) is 5.98. The zero-order chi connectivity index (χ0) is 23.8. The Morgan fingerprint density at radius 2 is 1.79 bits per heavy atom. The molecule has 2 aliphatic rings. The van der Waals surface area contributed by atoms with Gasteiger partial charge >= 0.3 is 0 Å². The highest BCUT2D eigenvalue weighted by molar-refractivity contribution is 5.96. The molecule has 1 amide bonds. The van der Waals surface area contributed by atoms with Gasteiger partial charge in [0.1, 0.15) is 19.3 Å². The predicted octanol–water partition coefficient (Wildman–Crippen LogP) is 3.31. The molecule has 174 valence electrons. The molecular weight excluding hydrogens is 444 g/mol. The van der Waals surface area contributed by atoms with Crippen molar-refractivity contribution in [3.05, 3.63) is 106 Å². The quantitative estimate of drug-likeness (QED) is 0.559. The summed E-state index contributed by atoms with van der Waals surface area (Å²) in [6, 6.07) is 12.0. The number of nitrogens with zero attached hydrogens (tertiary/aromatic N) is 3. The first-order valence-electron chi connectivity index (χ1n) is 10.8. The molecule has 0 spiro atoms. The van der Waals surface area contributed by atoms with Gasteiger partial charge in [-0.15, -0.1) is 0 Å². The topological polar surface area (TPSA) is 75.0 Å². The summed E-state index contributed by atoms with van der Waals surface area (Å²) in [5.41, 5.74) is 0.170. The van der Waals surface area contributed by atoms with Gasteiger partial charge in [-0.05, 0) is 24.1 Å². The summed E-state index contributed by atoms with van der Waals surface area (Å²) in [6.07, 6.45) is 5.32. The summed E-state index contributed by atoms with van der Waals surface area (Å²) in [6.45, 7) is 0.410. The number of aromatic nitrogens is 1. The molecule has 9 heteroatoms. The van der Waals surface area contributed by atoms with Gasteiger partial charge in [0.25, 0.3) is 5.91 Å². The molecule has 0 saturated carbocycles. The Kier molecular flexibility index (Phi) is 5.53. The Bertz CT molecular complexity index is 1340. The molecule has 0 radical (unpaired) electrons. The van der Waals surface area contributed by atoms with Crippen LogP contribution in [0.5, 0.6) is 11.5 Å². The highest BCUT2D eigenvalue weighted by atomic mass is 19.2. The summed E-state index contributed by atoms with van der Waals surface area (Å²) in [7, 11) is 0. The fourth-order valence-electron chi connectivity index (χ4n) is 4.37. The van der Waals surface area contributed by atoms with Crippen molar-refractivity contribution in [3.63, 3.8) is 0 Å². The molecule has 3 heterocycles. The molecule has 2 bridgehead atoms. The van der Waals surface area contributed by atoms with Crippen LogP contribution < -0.4 is 15.2 Å². The molecule has 0 unspecified atom stereocenters. The number of hydrogen-bond acceptors (Lipinski definition) is 5. The van der Waals surface area contributed by atoms with Gasteiger partial charge in [0.15, 0.2) is 23.0 Å². The molecule has 2 aromatic carbocycles. The third-order valence-corrected chi connectivity index (χ3v) is 5.98. The van der Waals surface area contributed by atoms with Crippen molar-refractivity contribution in [2.45, 2.75) is 12.5 Å². The highest BCUT2D eigenvalue weighted by Gasteiger charge is 2.38. The minimum atomic E-state index is -1.11. The van der Waals surface area contributed by atoms with Gasteiger partial charge in [-0.1, -0.05) is 42.5 Å². The second kappa shape index (κ2) is 8.66. The first-order valence-corrected chi connectivity index (χ1v) is 10.8. The zero-order valence-corrected chi connectivity index (χ0v) is 18.0. The summed E-state index contributed by atoms with van der Waals surface area (Å²) < 4.78 is 36.3. The lowest BCUT2D eigenvalue weighted by Gasteiger charge is -2.44. The Morgan fingerprint density at radius 3 is 2.59 bits per heavy atom. The van der Waals surface area contributed by atoms with Crippen LogP contribution in [-0.2, 0) is 0 Å². The van der Waals surface area contributed by atoms with Crippen LogP contribution in [0.3, 0.4) is 0 Å². The van der Waals surface area contributed by atoms with E-state index in [2.05, 4.69) is 0 Å². The van der Waals surface area contributed by atoms with Gasteiger partial charge in [-0.3, -0.25) is 19.3 Å². The maximum absolute atomic E-state index is 15.0. The van der Waals surface area contributed by atoms with E-state index in [1.807, 2.05) is 30.3 Å². The van der Waals surface area contributed by atoms with E-state index in [4.69, 9.17) is 4.74 Å². The Labute approximate surface area is 193 Å². The molecule has 1 atom stereocenters. The van der Waals surface area contributed by atoms with Crippen molar-refractivity contribution < 1.29 is 23.4 Å². The molecular formula is C25H21F2N3O4. The smallest absolute Gasteiger partial charge is 0.277 e. The van der Waals surface area contributed by atoms with Gasteiger partial charge in [0, 0.05) is 24.4 Å². The number of rotatable bonds is 1. The highest BCUT2D eigenvalue weighted by Crippen LogP contribution is 2.38. The maximum atomic E-state index is 15.0. The number of carbonyl (C=O) groups excluding carboxylic acids is 1. The molecule has 0 saturated heterocycles. The van der Waals surface area contributed by atoms with Crippen LogP contribution in [0.4, 0.5) is 8.78 Å². The van der Waals surface area contributed by atoms with Crippen LogP contribution in [0.1, 0.15) is 34.1 Å². The van der Waals surface area contributed by atoms with Gasteiger partial charge in [-0.25, -0.2) is 4.39 Å². The zero-order valence-electron chi connectivity index (χ0n) is 18.0. The van der Waals surface area contributed by atoms with E-state index in [9.17, 15) is 19.1 Å². The number of aromatic hydroxyl groups is 1. The SMILES string of the molecule is O=C1c2c(O)c(=O)ccn2N2CN1CC/C=C\COc1c(ccc(F)c1F)[C@@H]2c1ccccc1. The fourth-order valence-corrected chi connectivity index (χ4v) is 4.37. The van der Waals surface area contributed by atoms with E-state index in [1.54, 1.807) is 17.2 Å². The summed E-state index contributed by atoms with van der Waals surface area (Å²) in [4.78, 5) is 26.9. The van der Waals surface area contributed by atoms with E-state index in [1.165, 1.54) is 21.8 Å². The normalized spacial score (nSPS) is 18.8. The first kappa shape index (κ1) is 21.7. The number of benzene rings is 2. The van der Waals surface area contributed by atoms with Crippen molar-refractivity contribution >= 4 is 5.91 Å². The second-order valence-electron chi connectivity index (χ2n) is 8.04.